The number of carbonyl (C=O) groups is 1. The molecule has 0 atom stereocenters. The van der Waals surface area contributed by atoms with E-state index in [2.05, 4.69) is 4.99 Å². The molecule has 0 aromatic heterocycles. The van der Waals surface area contributed by atoms with Gasteiger partial charge in [0.2, 0.25) is 0 Å². The van der Waals surface area contributed by atoms with E-state index < -0.39 is 0 Å². The Labute approximate surface area is 157 Å². The van der Waals surface area contributed by atoms with Crippen LogP contribution in [0.4, 0.5) is 5.69 Å². The maximum atomic E-state index is 12.9. The van der Waals surface area contributed by atoms with E-state index in [1.807, 2.05) is 60.7 Å². The summed E-state index contributed by atoms with van der Waals surface area (Å²) in [7, 11) is 3.24. The lowest BCUT2D eigenvalue weighted by molar-refractivity contribution is -0.122. The van der Waals surface area contributed by atoms with Crippen LogP contribution in [-0.2, 0) is 9.53 Å². The van der Waals surface area contributed by atoms with Crippen molar-refractivity contribution in [1.82, 2.24) is 4.90 Å². The minimum absolute atomic E-state index is 0.0763. The average molecular weight is 368 g/mol. The molecule has 6 heteroatoms. The van der Waals surface area contributed by atoms with Gasteiger partial charge in [0, 0.05) is 12.7 Å². The topological polar surface area (TPSA) is 51.1 Å². The molecule has 0 aliphatic carbocycles. The first-order chi connectivity index (χ1) is 12.7. The number of nitrogens with zero attached hydrogens (tertiary/aromatic N) is 2. The number of ether oxygens (including phenoxy) is 2. The molecule has 1 saturated heterocycles. The number of hydrogen-bond donors (Lipinski definition) is 0. The maximum absolute atomic E-state index is 12.9. The van der Waals surface area contributed by atoms with Gasteiger partial charge in [0.1, 0.15) is 5.75 Å². The molecule has 0 radical (unpaired) electrons. The minimum Gasteiger partial charge on any atom is -0.496 e. The lowest BCUT2D eigenvalue weighted by atomic mass is 10.2. The van der Waals surface area contributed by atoms with Crippen molar-refractivity contribution in [3.8, 4) is 5.75 Å². The molecule has 1 fully saturated rings. The van der Waals surface area contributed by atoms with Crippen molar-refractivity contribution in [2.45, 2.75) is 0 Å². The smallest absolute Gasteiger partial charge is 0.266 e. The summed E-state index contributed by atoms with van der Waals surface area (Å²) < 4.78 is 10.5. The first kappa shape index (κ1) is 18.2. The molecule has 0 unspecified atom stereocenters. The summed E-state index contributed by atoms with van der Waals surface area (Å²) in [6, 6.07) is 17.2. The Bertz CT molecular complexity index is 834. The van der Waals surface area contributed by atoms with E-state index in [9.17, 15) is 4.79 Å². The molecular weight excluding hydrogens is 348 g/mol. The Morgan fingerprint density at radius 1 is 1.08 bits per heavy atom. The molecule has 5 nitrogen and oxygen atoms in total. The molecule has 1 heterocycles. The van der Waals surface area contributed by atoms with Crippen LogP contribution in [0.5, 0.6) is 5.75 Å². The monoisotopic (exact) mass is 368 g/mol. The highest BCUT2D eigenvalue weighted by Crippen LogP contribution is 2.35. The second-order valence-electron chi connectivity index (χ2n) is 5.53. The van der Waals surface area contributed by atoms with Gasteiger partial charge in [0.15, 0.2) is 5.17 Å². The van der Waals surface area contributed by atoms with Gasteiger partial charge in [0.25, 0.3) is 5.91 Å². The highest BCUT2D eigenvalue weighted by molar-refractivity contribution is 8.18. The fourth-order valence-electron chi connectivity index (χ4n) is 2.51. The molecule has 1 aliphatic heterocycles. The Morgan fingerprint density at radius 2 is 1.81 bits per heavy atom. The van der Waals surface area contributed by atoms with E-state index in [1.165, 1.54) is 11.8 Å². The van der Waals surface area contributed by atoms with Crippen LogP contribution in [0.25, 0.3) is 6.08 Å². The molecule has 1 aliphatic rings. The van der Waals surface area contributed by atoms with Gasteiger partial charge in [-0.3, -0.25) is 9.69 Å². The molecular formula is C20H20N2O3S. The number of rotatable bonds is 6. The van der Waals surface area contributed by atoms with Gasteiger partial charge >= 0.3 is 0 Å². The van der Waals surface area contributed by atoms with Crippen LogP contribution in [-0.4, -0.2) is 43.3 Å². The summed E-state index contributed by atoms with van der Waals surface area (Å²) in [5, 5.41) is 0.652. The summed E-state index contributed by atoms with van der Waals surface area (Å²) in [6.07, 6.45) is 1.85. The lowest BCUT2D eigenvalue weighted by Gasteiger charge is -2.14. The SMILES string of the molecule is COCCN1C(=O)C(=Cc2ccccc2OC)SC1=Nc1ccccc1. The van der Waals surface area contributed by atoms with Crippen LogP contribution in [0.2, 0.25) is 0 Å². The van der Waals surface area contributed by atoms with Gasteiger partial charge in [-0.1, -0.05) is 36.4 Å². The first-order valence-electron chi connectivity index (χ1n) is 8.20. The van der Waals surface area contributed by atoms with Crippen LogP contribution in [0.3, 0.4) is 0 Å². The Hall–Kier alpha value is -2.57. The zero-order valence-electron chi connectivity index (χ0n) is 14.7. The fourth-order valence-corrected chi connectivity index (χ4v) is 3.53. The minimum atomic E-state index is -0.0763. The second-order valence-corrected chi connectivity index (χ2v) is 6.54. The van der Waals surface area contributed by atoms with Crippen LogP contribution in [0.1, 0.15) is 5.56 Å². The third-order valence-electron chi connectivity index (χ3n) is 3.81. The number of benzene rings is 2. The Morgan fingerprint density at radius 3 is 2.54 bits per heavy atom. The third-order valence-corrected chi connectivity index (χ3v) is 4.82. The van der Waals surface area contributed by atoms with Crippen LogP contribution in [0.15, 0.2) is 64.5 Å². The van der Waals surface area contributed by atoms with E-state index in [-0.39, 0.29) is 5.91 Å². The van der Waals surface area contributed by atoms with Gasteiger partial charge in [-0.2, -0.15) is 0 Å². The maximum Gasteiger partial charge on any atom is 0.266 e. The number of methoxy groups -OCH3 is 2. The molecule has 0 N–H and O–H groups in total. The zero-order valence-corrected chi connectivity index (χ0v) is 15.5. The van der Waals surface area contributed by atoms with Crippen LogP contribution >= 0.6 is 11.8 Å². The van der Waals surface area contributed by atoms with Gasteiger partial charge in [-0.15, -0.1) is 0 Å². The van der Waals surface area contributed by atoms with Crippen molar-refractivity contribution in [1.29, 1.82) is 0 Å². The standard InChI is InChI=1S/C20H20N2O3S/c1-24-13-12-22-19(23)18(14-15-8-6-7-11-17(15)25-2)26-20(22)21-16-9-4-3-5-10-16/h3-11,14H,12-13H2,1-2H3. The van der Waals surface area contributed by atoms with Gasteiger partial charge in [-0.05, 0) is 36.0 Å². The number of carbonyl (C=O) groups excluding carboxylic acids is 1. The Balaban J connectivity index is 1.95. The summed E-state index contributed by atoms with van der Waals surface area (Å²) in [4.78, 5) is 19.8. The highest BCUT2D eigenvalue weighted by Gasteiger charge is 2.33. The quantitative estimate of drug-likeness (QED) is 0.725. The van der Waals surface area contributed by atoms with Crippen molar-refractivity contribution in [2.75, 3.05) is 27.4 Å². The second kappa shape index (κ2) is 8.69. The molecule has 1 amide bonds. The molecule has 3 rings (SSSR count). The first-order valence-corrected chi connectivity index (χ1v) is 9.01. The van der Waals surface area contributed by atoms with Gasteiger partial charge in [0.05, 0.1) is 30.9 Å². The number of thioether (sulfide) groups is 1. The largest absolute Gasteiger partial charge is 0.496 e. The van der Waals surface area contributed by atoms with E-state index in [0.29, 0.717) is 23.2 Å². The van der Waals surface area contributed by atoms with Crippen molar-refractivity contribution in [2.24, 2.45) is 4.99 Å². The summed E-state index contributed by atoms with van der Waals surface area (Å²) in [5.41, 5.74) is 1.67. The number of amides is 1. The molecule has 2 aromatic carbocycles. The van der Waals surface area contributed by atoms with Crippen LogP contribution < -0.4 is 4.74 Å². The predicted molar refractivity (Wildman–Crippen MR) is 106 cm³/mol. The van der Waals surface area contributed by atoms with E-state index >= 15 is 0 Å². The number of aliphatic imine (C=N–C) groups is 1. The summed E-state index contributed by atoms with van der Waals surface area (Å²) >= 11 is 1.36. The lowest BCUT2D eigenvalue weighted by Crippen LogP contribution is -2.32. The van der Waals surface area contributed by atoms with Crippen molar-refractivity contribution >= 4 is 34.6 Å². The molecule has 0 spiro atoms. The van der Waals surface area contributed by atoms with Gasteiger partial charge < -0.3 is 9.47 Å². The van der Waals surface area contributed by atoms with Crippen LogP contribution in [0, 0.1) is 0 Å². The Kier molecular flexibility index (Phi) is 6.09. The normalized spacial score (nSPS) is 17.3. The molecule has 134 valence electrons. The summed E-state index contributed by atoms with van der Waals surface area (Å²) in [5.74, 6) is 0.651. The zero-order chi connectivity index (χ0) is 18.4. The van der Waals surface area contributed by atoms with Gasteiger partial charge in [-0.25, -0.2) is 4.99 Å². The fraction of sp³-hybridized carbons (Fsp3) is 0.200. The van der Waals surface area contributed by atoms with Crippen molar-refractivity contribution < 1.29 is 14.3 Å². The molecule has 26 heavy (non-hydrogen) atoms. The van der Waals surface area contributed by atoms with E-state index in [4.69, 9.17) is 9.47 Å². The third kappa shape index (κ3) is 4.15. The molecule has 0 bridgehead atoms. The number of para-hydroxylation sites is 2. The predicted octanol–water partition coefficient (Wildman–Crippen LogP) is 3.95. The molecule has 2 aromatic rings. The van der Waals surface area contributed by atoms with E-state index in [0.717, 1.165) is 17.0 Å². The van der Waals surface area contributed by atoms with Crippen molar-refractivity contribution in [3.63, 3.8) is 0 Å². The average Bonchev–Trinajstić information content (AvgIpc) is 2.96. The number of amidine groups is 1. The number of hydrogen-bond acceptors (Lipinski definition) is 5. The highest BCUT2D eigenvalue weighted by atomic mass is 32.2. The summed E-state index contributed by atoms with van der Waals surface area (Å²) in [6.45, 7) is 0.902. The molecule has 0 saturated carbocycles. The van der Waals surface area contributed by atoms with E-state index in [1.54, 1.807) is 19.1 Å². The van der Waals surface area contributed by atoms with Crippen molar-refractivity contribution in [3.05, 3.63) is 65.1 Å².